The van der Waals surface area contributed by atoms with Crippen molar-refractivity contribution in [2.45, 2.75) is 25.2 Å². The molecule has 2 N–H and O–H groups in total. The van der Waals surface area contributed by atoms with Crippen molar-refractivity contribution < 1.29 is 0 Å². The van der Waals surface area contributed by atoms with Gasteiger partial charge in [0, 0.05) is 51.2 Å². The molecule has 2 fully saturated rings. The number of rotatable bonds is 6. The molecular formula is C18H29N3. The van der Waals surface area contributed by atoms with E-state index in [1.54, 1.807) is 0 Å². The van der Waals surface area contributed by atoms with Crippen molar-refractivity contribution in [3.05, 3.63) is 35.9 Å². The molecule has 3 heteroatoms. The van der Waals surface area contributed by atoms with Crippen LogP contribution in [0.2, 0.25) is 0 Å². The molecule has 3 nitrogen and oxygen atoms in total. The molecule has 116 valence electrons. The largest absolute Gasteiger partial charge is 0.330 e. The highest BCUT2D eigenvalue weighted by molar-refractivity contribution is 5.25. The lowest BCUT2D eigenvalue weighted by atomic mass is 9.82. The molecule has 0 radical (unpaired) electrons. The minimum atomic E-state index is 0.0694. The van der Waals surface area contributed by atoms with E-state index in [1.165, 1.54) is 51.1 Å². The van der Waals surface area contributed by atoms with Crippen molar-refractivity contribution in [3.8, 4) is 0 Å². The zero-order valence-electron chi connectivity index (χ0n) is 13.3. The van der Waals surface area contributed by atoms with Crippen LogP contribution >= 0.6 is 0 Å². The van der Waals surface area contributed by atoms with Gasteiger partial charge in [-0.15, -0.1) is 0 Å². The molecule has 1 saturated carbocycles. The summed E-state index contributed by atoms with van der Waals surface area (Å²) >= 11 is 0. The minimum Gasteiger partial charge on any atom is -0.330 e. The second kappa shape index (κ2) is 6.47. The molecule has 1 atom stereocenters. The van der Waals surface area contributed by atoms with Crippen LogP contribution in [-0.4, -0.2) is 55.6 Å². The van der Waals surface area contributed by atoms with Crippen LogP contribution in [0.25, 0.3) is 0 Å². The molecule has 0 amide bonds. The van der Waals surface area contributed by atoms with E-state index in [4.69, 9.17) is 5.73 Å². The third-order valence-electron chi connectivity index (χ3n) is 5.17. The average molecular weight is 287 g/mol. The van der Waals surface area contributed by atoms with Crippen molar-refractivity contribution in [1.82, 2.24) is 9.80 Å². The zero-order chi connectivity index (χ0) is 14.7. The van der Waals surface area contributed by atoms with Gasteiger partial charge in [-0.2, -0.15) is 0 Å². The average Bonchev–Trinajstić information content (AvgIpc) is 3.34. The van der Waals surface area contributed by atoms with E-state index in [1.807, 2.05) is 0 Å². The SMILES string of the molecule is CC(CN)(CN1CCN(CC2CC2)CC1)c1ccccc1. The standard InChI is InChI=1S/C18H29N3/c1-18(14-19,17-5-3-2-4-6-17)15-21-11-9-20(10-12-21)13-16-7-8-16/h2-6,16H,7-15,19H2,1H3. The quantitative estimate of drug-likeness (QED) is 0.868. The molecule has 2 aliphatic rings. The Morgan fingerprint density at radius 1 is 1.05 bits per heavy atom. The Morgan fingerprint density at radius 3 is 2.24 bits per heavy atom. The zero-order valence-corrected chi connectivity index (χ0v) is 13.3. The van der Waals surface area contributed by atoms with Gasteiger partial charge in [0.2, 0.25) is 0 Å². The summed E-state index contributed by atoms with van der Waals surface area (Å²) in [4.78, 5) is 5.25. The van der Waals surface area contributed by atoms with Crippen LogP contribution in [0.1, 0.15) is 25.3 Å². The molecule has 1 aliphatic carbocycles. The van der Waals surface area contributed by atoms with Crippen LogP contribution in [0.4, 0.5) is 0 Å². The van der Waals surface area contributed by atoms with Crippen molar-refractivity contribution in [2.75, 3.05) is 45.8 Å². The molecule has 1 heterocycles. The van der Waals surface area contributed by atoms with Gasteiger partial charge >= 0.3 is 0 Å². The van der Waals surface area contributed by atoms with Gasteiger partial charge in [0.05, 0.1) is 0 Å². The van der Waals surface area contributed by atoms with Crippen LogP contribution in [0.15, 0.2) is 30.3 Å². The fourth-order valence-corrected chi connectivity index (χ4v) is 3.40. The number of hydrogen-bond donors (Lipinski definition) is 1. The number of piperazine rings is 1. The van der Waals surface area contributed by atoms with E-state index in [0.717, 1.165) is 12.5 Å². The van der Waals surface area contributed by atoms with Gasteiger partial charge < -0.3 is 10.6 Å². The number of benzene rings is 1. The van der Waals surface area contributed by atoms with Gasteiger partial charge in [0.15, 0.2) is 0 Å². The van der Waals surface area contributed by atoms with Gasteiger partial charge in [-0.25, -0.2) is 0 Å². The second-order valence-corrected chi connectivity index (χ2v) is 7.15. The molecule has 1 aromatic rings. The van der Waals surface area contributed by atoms with E-state index in [0.29, 0.717) is 6.54 Å². The predicted molar refractivity (Wildman–Crippen MR) is 88.5 cm³/mol. The molecule has 1 aliphatic heterocycles. The molecule has 0 aromatic heterocycles. The molecule has 21 heavy (non-hydrogen) atoms. The van der Waals surface area contributed by atoms with Gasteiger partial charge in [-0.1, -0.05) is 37.3 Å². The number of nitrogens with zero attached hydrogens (tertiary/aromatic N) is 2. The lowest BCUT2D eigenvalue weighted by molar-refractivity contribution is 0.110. The normalized spacial score (nSPS) is 23.9. The van der Waals surface area contributed by atoms with E-state index in [9.17, 15) is 0 Å². The highest BCUT2D eigenvalue weighted by Gasteiger charge is 2.31. The van der Waals surface area contributed by atoms with Gasteiger partial charge in [-0.05, 0) is 24.3 Å². The maximum absolute atomic E-state index is 6.12. The van der Waals surface area contributed by atoms with Crippen molar-refractivity contribution in [2.24, 2.45) is 11.7 Å². The monoisotopic (exact) mass is 287 g/mol. The summed E-state index contributed by atoms with van der Waals surface area (Å²) < 4.78 is 0. The Morgan fingerprint density at radius 2 is 1.67 bits per heavy atom. The highest BCUT2D eigenvalue weighted by Crippen LogP contribution is 2.30. The van der Waals surface area contributed by atoms with Gasteiger partial charge in [0.25, 0.3) is 0 Å². The summed E-state index contributed by atoms with van der Waals surface area (Å²) in [5.41, 5.74) is 7.56. The number of nitrogens with two attached hydrogens (primary N) is 1. The summed E-state index contributed by atoms with van der Waals surface area (Å²) in [7, 11) is 0. The molecular weight excluding hydrogens is 258 g/mol. The summed E-state index contributed by atoms with van der Waals surface area (Å²) in [5.74, 6) is 1.01. The van der Waals surface area contributed by atoms with Crippen LogP contribution in [-0.2, 0) is 5.41 Å². The Kier molecular flexibility index (Phi) is 4.63. The van der Waals surface area contributed by atoms with Crippen molar-refractivity contribution in [3.63, 3.8) is 0 Å². The van der Waals surface area contributed by atoms with Crippen LogP contribution < -0.4 is 5.73 Å². The maximum Gasteiger partial charge on any atom is 0.0174 e. The third-order valence-corrected chi connectivity index (χ3v) is 5.17. The summed E-state index contributed by atoms with van der Waals surface area (Å²) in [6.07, 6.45) is 2.92. The minimum absolute atomic E-state index is 0.0694. The summed E-state index contributed by atoms with van der Waals surface area (Å²) in [6, 6.07) is 10.8. The first kappa shape index (κ1) is 15.0. The Balaban J connectivity index is 1.55. The predicted octanol–water partition coefficient (Wildman–Crippen LogP) is 1.93. The van der Waals surface area contributed by atoms with Gasteiger partial charge in [-0.3, -0.25) is 4.90 Å². The topological polar surface area (TPSA) is 32.5 Å². The second-order valence-electron chi connectivity index (χ2n) is 7.15. The molecule has 0 bridgehead atoms. The van der Waals surface area contributed by atoms with E-state index in [-0.39, 0.29) is 5.41 Å². The molecule has 1 aromatic carbocycles. The van der Waals surface area contributed by atoms with E-state index < -0.39 is 0 Å². The van der Waals surface area contributed by atoms with E-state index >= 15 is 0 Å². The summed E-state index contributed by atoms with van der Waals surface area (Å²) in [5, 5.41) is 0. The first-order valence-electron chi connectivity index (χ1n) is 8.40. The first-order valence-corrected chi connectivity index (χ1v) is 8.40. The smallest absolute Gasteiger partial charge is 0.0174 e. The van der Waals surface area contributed by atoms with Crippen LogP contribution in [0.5, 0.6) is 0 Å². The lowest BCUT2D eigenvalue weighted by Crippen LogP contribution is -2.52. The van der Waals surface area contributed by atoms with Crippen molar-refractivity contribution in [1.29, 1.82) is 0 Å². The highest BCUT2D eigenvalue weighted by atomic mass is 15.3. The molecule has 0 spiro atoms. The fraction of sp³-hybridized carbons (Fsp3) is 0.667. The Hall–Kier alpha value is -0.900. The molecule has 1 saturated heterocycles. The third kappa shape index (κ3) is 3.85. The fourth-order valence-electron chi connectivity index (χ4n) is 3.40. The van der Waals surface area contributed by atoms with Crippen LogP contribution in [0, 0.1) is 5.92 Å². The Labute approximate surface area is 129 Å². The lowest BCUT2D eigenvalue weighted by Gasteiger charge is -2.40. The first-order chi connectivity index (χ1) is 10.2. The molecule has 3 rings (SSSR count). The van der Waals surface area contributed by atoms with Crippen molar-refractivity contribution >= 4 is 0 Å². The van der Waals surface area contributed by atoms with Gasteiger partial charge in [0.1, 0.15) is 0 Å². The number of hydrogen-bond acceptors (Lipinski definition) is 3. The van der Waals surface area contributed by atoms with Crippen LogP contribution in [0.3, 0.4) is 0 Å². The maximum atomic E-state index is 6.12. The Bertz CT molecular complexity index is 435. The molecule has 1 unspecified atom stereocenters. The van der Waals surface area contributed by atoms with E-state index in [2.05, 4.69) is 47.1 Å². The summed E-state index contributed by atoms with van der Waals surface area (Å²) in [6.45, 7) is 10.3.